The molecule has 0 fully saturated rings. The molecule has 3 heterocycles. The zero-order valence-corrected chi connectivity index (χ0v) is 37.6. The highest BCUT2D eigenvalue weighted by molar-refractivity contribution is 7.14. The lowest BCUT2D eigenvalue weighted by Gasteiger charge is -2.40. The normalized spacial score (nSPS) is 19.0. The van der Waals surface area contributed by atoms with Crippen LogP contribution in [0.25, 0.3) is 41.0 Å². The van der Waals surface area contributed by atoms with E-state index in [0.717, 1.165) is 33.4 Å². The summed E-state index contributed by atoms with van der Waals surface area (Å²) in [6, 6.07) is 68.2. The van der Waals surface area contributed by atoms with E-state index in [1.807, 2.05) is 36.4 Å². The Hall–Kier alpha value is -7.89. The molecule has 306 valence electrons. The molecule has 66 heavy (non-hydrogen) atoms. The fraction of sp³-hybridized carbons (Fsp3) is 0.0500. The third-order valence-corrected chi connectivity index (χ3v) is 17.3. The fourth-order valence-electron chi connectivity index (χ4n) is 11.9. The maximum atomic E-state index is 10.1. The number of benzene rings is 7. The molecule has 0 aliphatic heterocycles. The molecule has 6 heteroatoms. The average Bonchev–Trinajstić information content (AvgIpc) is 4.25. The highest BCUT2D eigenvalue weighted by Crippen LogP contribution is 2.64. The number of rotatable bonds is 6. The number of nitriles is 1. The van der Waals surface area contributed by atoms with Gasteiger partial charge in [-0.2, -0.15) is 5.26 Å². The van der Waals surface area contributed by atoms with Crippen LogP contribution in [-0.4, -0.2) is 0 Å². The molecule has 3 nitrogen and oxygen atoms in total. The van der Waals surface area contributed by atoms with Gasteiger partial charge in [-0.05, 0) is 130 Å². The van der Waals surface area contributed by atoms with E-state index in [1.165, 1.54) is 64.7 Å². The maximum Gasteiger partial charge on any atom is 0.187 e. The molecular formula is C60H33N3S3. The predicted molar refractivity (Wildman–Crippen MR) is 269 cm³/mol. The van der Waals surface area contributed by atoms with Crippen LogP contribution < -0.4 is 0 Å². The molecule has 13 rings (SSSR count). The number of hydrogen-bond acceptors (Lipinski definition) is 4. The molecule has 0 spiro atoms. The number of fused-ring (bicyclic) bond motifs is 9. The quantitative estimate of drug-likeness (QED) is 0.153. The highest BCUT2D eigenvalue weighted by atomic mass is 32.1. The zero-order valence-electron chi connectivity index (χ0n) is 35.1. The summed E-state index contributed by atoms with van der Waals surface area (Å²) in [5, 5.41) is 16.8. The predicted octanol–water partition coefficient (Wildman–Crippen LogP) is 15.9. The van der Waals surface area contributed by atoms with E-state index in [1.54, 1.807) is 34.0 Å². The third-order valence-electron chi connectivity index (χ3n) is 14.5. The van der Waals surface area contributed by atoms with Gasteiger partial charge in [-0.15, -0.1) is 34.0 Å². The Balaban J connectivity index is 1.25. The van der Waals surface area contributed by atoms with Crippen molar-refractivity contribution >= 4 is 45.4 Å². The summed E-state index contributed by atoms with van der Waals surface area (Å²) in [6.45, 7) is 15.9. The lowest BCUT2D eigenvalue weighted by Crippen LogP contribution is -2.34. The van der Waals surface area contributed by atoms with Gasteiger partial charge in [0.15, 0.2) is 11.4 Å². The zero-order chi connectivity index (χ0) is 44.2. The lowest BCUT2D eigenvalue weighted by molar-refractivity contribution is 0.715. The van der Waals surface area contributed by atoms with E-state index >= 15 is 0 Å². The van der Waals surface area contributed by atoms with Gasteiger partial charge in [-0.1, -0.05) is 152 Å². The molecule has 3 aromatic heterocycles. The highest BCUT2D eigenvalue weighted by Gasteiger charge is 2.53. The maximum absolute atomic E-state index is 10.1. The second-order valence-corrected chi connectivity index (χ2v) is 19.9. The van der Waals surface area contributed by atoms with Gasteiger partial charge in [0.05, 0.1) is 41.0 Å². The summed E-state index contributed by atoms with van der Waals surface area (Å²) in [5.41, 5.74) is 17.1. The van der Waals surface area contributed by atoms with Crippen LogP contribution in [0.1, 0.15) is 72.3 Å². The van der Waals surface area contributed by atoms with E-state index in [-0.39, 0.29) is 0 Å². The van der Waals surface area contributed by atoms with Crippen LogP contribution in [-0.2, 0) is 16.2 Å². The van der Waals surface area contributed by atoms with E-state index in [2.05, 4.69) is 177 Å². The Labute approximate surface area is 395 Å². The van der Waals surface area contributed by atoms with Crippen molar-refractivity contribution in [3.8, 4) is 37.4 Å². The minimum absolute atomic E-state index is 0.599. The van der Waals surface area contributed by atoms with Crippen LogP contribution in [0.15, 0.2) is 198 Å². The van der Waals surface area contributed by atoms with Crippen molar-refractivity contribution < 1.29 is 0 Å². The first kappa shape index (κ1) is 38.6. The molecule has 0 bridgehead atoms. The molecule has 3 atom stereocenters. The van der Waals surface area contributed by atoms with Gasteiger partial charge in [0, 0.05) is 14.6 Å². The van der Waals surface area contributed by atoms with Crippen molar-refractivity contribution in [1.82, 2.24) is 0 Å². The Morgan fingerprint density at radius 1 is 0.364 bits per heavy atom. The van der Waals surface area contributed by atoms with E-state index in [0.29, 0.717) is 16.9 Å². The minimum atomic E-state index is -0.778. The monoisotopic (exact) mass is 891 g/mol. The molecule has 3 aliphatic carbocycles. The fourth-order valence-corrected chi connectivity index (χ4v) is 14.9. The summed E-state index contributed by atoms with van der Waals surface area (Å²) in [7, 11) is 0. The number of hydrogen-bond donors (Lipinski definition) is 0. The van der Waals surface area contributed by atoms with E-state index in [4.69, 9.17) is 13.1 Å². The topological polar surface area (TPSA) is 32.5 Å². The van der Waals surface area contributed by atoms with Gasteiger partial charge in [0.25, 0.3) is 0 Å². The van der Waals surface area contributed by atoms with E-state index in [9.17, 15) is 5.26 Å². The third kappa shape index (κ3) is 4.87. The van der Waals surface area contributed by atoms with Gasteiger partial charge in [-0.25, -0.2) is 9.69 Å². The Morgan fingerprint density at radius 2 is 0.682 bits per heavy atom. The van der Waals surface area contributed by atoms with Crippen molar-refractivity contribution in [2.75, 3.05) is 0 Å². The van der Waals surface area contributed by atoms with Crippen LogP contribution >= 0.6 is 34.0 Å². The van der Waals surface area contributed by atoms with Crippen molar-refractivity contribution in [2.45, 2.75) is 16.2 Å². The minimum Gasteiger partial charge on any atom is -0.238 e. The van der Waals surface area contributed by atoms with Gasteiger partial charge in [0.2, 0.25) is 0 Å². The molecule has 7 aromatic carbocycles. The molecule has 0 N–H and O–H groups in total. The second-order valence-electron chi connectivity index (χ2n) is 17.2. The summed E-state index contributed by atoms with van der Waals surface area (Å²) >= 11 is 5.34. The second kappa shape index (κ2) is 14.3. The van der Waals surface area contributed by atoms with Crippen LogP contribution in [0.3, 0.4) is 0 Å². The number of nitrogens with zero attached hydrogens (tertiary/aromatic N) is 3. The van der Waals surface area contributed by atoms with Crippen LogP contribution in [0.4, 0.5) is 11.4 Å². The van der Waals surface area contributed by atoms with Gasteiger partial charge in [-0.3, -0.25) is 0 Å². The molecule has 3 unspecified atom stereocenters. The molecule has 3 aliphatic rings. The van der Waals surface area contributed by atoms with Crippen LogP contribution in [0.2, 0.25) is 0 Å². The molecule has 0 saturated heterocycles. The van der Waals surface area contributed by atoms with Crippen molar-refractivity contribution in [2.24, 2.45) is 0 Å². The van der Waals surface area contributed by atoms with Crippen LogP contribution in [0.5, 0.6) is 0 Å². The molecule has 10 aromatic rings. The summed E-state index contributed by atoms with van der Waals surface area (Å²) in [6.07, 6.45) is 0. The Kier molecular flexibility index (Phi) is 8.36. The average molecular weight is 892 g/mol. The van der Waals surface area contributed by atoms with Gasteiger partial charge < -0.3 is 0 Å². The van der Waals surface area contributed by atoms with Crippen LogP contribution in [0, 0.1) is 24.5 Å². The number of thiophene rings is 3. The molecular weight excluding hydrogens is 859 g/mol. The summed E-state index contributed by atoms with van der Waals surface area (Å²) in [4.78, 5) is 11.4. The van der Waals surface area contributed by atoms with Gasteiger partial charge in [0.1, 0.15) is 0 Å². The molecule has 0 radical (unpaired) electrons. The SMILES string of the molecule is [C-]#[N+]c1ccc(C2(c3cc(C4(c5ccc(C#N)cc5)c5ccccc5-c5sccc54)cc(C4(c5ccc([N+]#[C-])cc5)c5ccccc5-c5sccc54)c3)c3ccccc3-c3sccc32)cc1. The molecule has 0 amide bonds. The standard InChI is InChI=1S/C60H33N3S3/c1-62-44-23-19-39(20-24-44)59(50-13-7-4-10-47(50)56-53(59)28-31-65-56)42-33-41(58(38-17-15-37(36-61)16-18-38)49-12-6-3-9-46(49)55-52(58)27-30-64-55)34-43(35-42)60(40-21-25-45(63-2)26-22-40)51-14-8-5-11-48(51)57-54(60)29-32-66-57/h3-35H. The summed E-state index contributed by atoms with van der Waals surface area (Å²) < 4.78 is 0. The Bertz CT molecular complexity index is 3350. The summed E-state index contributed by atoms with van der Waals surface area (Å²) in [5.74, 6) is 0. The van der Waals surface area contributed by atoms with Gasteiger partial charge >= 0.3 is 0 Å². The van der Waals surface area contributed by atoms with Crippen molar-refractivity contribution in [3.63, 3.8) is 0 Å². The van der Waals surface area contributed by atoms with E-state index < -0.39 is 16.2 Å². The smallest absolute Gasteiger partial charge is 0.187 e. The Morgan fingerprint density at radius 3 is 1.00 bits per heavy atom. The first-order valence-electron chi connectivity index (χ1n) is 21.7. The first-order chi connectivity index (χ1) is 32.6. The van der Waals surface area contributed by atoms with Crippen molar-refractivity contribution in [3.05, 3.63) is 293 Å². The molecule has 0 saturated carbocycles. The lowest BCUT2D eigenvalue weighted by atomic mass is 9.61. The van der Waals surface area contributed by atoms with Crippen molar-refractivity contribution in [1.29, 1.82) is 5.26 Å². The largest absolute Gasteiger partial charge is 0.238 e. The first-order valence-corrected chi connectivity index (χ1v) is 24.4.